The molecule has 26 heavy (non-hydrogen) atoms. The van der Waals surface area contributed by atoms with Gasteiger partial charge < -0.3 is 14.9 Å². The number of hydrogen-bond donors (Lipinski definition) is 2. The summed E-state index contributed by atoms with van der Waals surface area (Å²) in [6, 6.07) is 0. The first-order valence-electron chi connectivity index (χ1n) is 10.8. The lowest BCUT2D eigenvalue weighted by Crippen LogP contribution is -2.37. The molecule has 0 radical (unpaired) electrons. The summed E-state index contributed by atoms with van der Waals surface area (Å²) in [4.78, 5) is 4.35. The summed E-state index contributed by atoms with van der Waals surface area (Å²) in [5, 5.41) is 18.6. The van der Waals surface area contributed by atoms with E-state index >= 15 is 0 Å². The van der Waals surface area contributed by atoms with Crippen molar-refractivity contribution < 1.29 is 14.9 Å². The van der Waals surface area contributed by atoms with Crippen LogP contribution in [0.1, 0.15) is 96.8 Å². The van der Waals surface area contributed by atoms with Gasteiger partial charge in [0.2, 0.25) is 0 Å². The van der Waals surface area contributed by atoms with Crippen molar-refractivity contribution in [2.45, 2.75) is 102 Å². The molecule has 1 rings (SSSR count). The van der Waals surface area contributed by atoms with Crippen LogP contribution in [0.5, 0.6) is 0 Å². The molecule has 0 saturated heterocycles. The Morgan fingerprint density at radius 1 is 0.846 bits per heavy atom. The van der Waals surface area contributed by atoms with Crippen molar-refractivity contribution in [3.63, 3.8) is 0 Å². The highest BCUT2D eigenvalue weighted by Crippen LogP contribution is 2.20. The number of unbranched alkanes of at least 4 members (excludes halogenated alkanes) is 11. The van der Waals surface area contributed by atoms with Crippen molar-refractivity contribution in [3.8, 4) is 0 Å². The van der Waals surface area contributed by atoms with E-state index < -0.39 is 5.54 Å². The Labute approximate surface area is 160 Å². The van der Waals surface area contributed by atoms with Gasteiger partial charge in [-0.05, 0) is 32.1 Å². The number of allylic oxidation sites excluding steroid dienone is 2. The second-order valence-electron chi connectivity index (χ2n) is 7.67. The smallest absolute Gasteiger partial charge is 0.184 e. The van der Waals surface area contributed by atoms with E-state index in [9.17, 15) is 10.2 Å². The van der Waals surface area contributed by atoms with Gasteiger partial charge in [-0.3, -0.25) is 0 Å². The Kier molecular flexibility index (Phi) is 13.6. The fourth-order valence-corrected chi connectivity index (χ4v) is 3.23. The molecule has 1 aliphatic heterocycles. The maximum Gasteiger partial charge on any atom is 0.184 e. The summed E-state index contributed by atoms with van der Waals surface area (Å²) < 4.78 is 5.49. The SMILES string of the molecule is CCCCCC/C=C/CCCCCCCCCC1=NC(CO)(CO)CO1. The summed E-state index contributed by atoms with van der Waals surface area (Å²) in [6.07, 6.45) is 22.3. The summed E-state index contributed by atoms with van der Waals surface area (Å²) in [7, 11) is 0. The van der Waals surface area contributed by atoms with Gasteiger partial charge in [-0.2, -0.15) is 0 Å². The third kappa shape index (κ3) is 10.3. The van der Waals surface area contributed by atoms with E-state index in [1.807, 2.05) is 0 Å². The van der Waals surface area contributed by atoms with E-state index in [1.54, 1.807) is 0 Å². The van der Waals surface area contributed by atoms with E-state index in [-0.39, 0.29) is 13.2 Å². The van der Waals surface area contributed by atoms with E-state index in [1.165, 1.54) is 77.0 Å². The molecule has 0 amide bonds. The first-order valence-corrected chi connectivity index (χ1v) is 10.8. The van der Waals surface area contributed by atoms with Crippen LogP contribution in [-0.4, -0.2) is 41.5 Å². The van der Waals surface area contributed by atoms with Crippen molar-refractivity contribution in [2.24, 2.45) is 4.99 Å². The molecular weight excluding hydrogens is 326 g/mol. The molecule has 1 aliphatic rings. The third-order valence-corrected chi connectivity index (χ3v) is 5.11. The summed E-state index contributed by atoms with van der Waals surface area (Å²) in [6.45, 7) is 2.26. The van der Waals surface area contributed by atoms with Crippen LogP contribution in [0.25, 0.3) is 0 Å². The van der Waals surface area contributed by atoms with Crippen molar-refractivity contribution in [1.82, 2.24) is 0 Å². The minimum atomic E-state index is -0.792. The Balaban J connectivity index is 1.86. The normalized spacial score (nSPS) is 16.2. The van der Waals surface area contributed by atoms with Gasteiger partial charge in [0, 0.05) is 6.42 Å². The summed E-state index contributed by atoms with van der Waals surface area (Å²) in [5.41, 5.74) is -0.792. The van der Waals surface area contributed by atoms with Gasteiger partial charge in [0.05, 0.1) is 13.2 Å². The minimum absolute atomic E-state index is 0.152. The maximum atomic E-state index is 9.29. The predicted octanol–water partition coefficient (Wildman–Crippen LogP) is 5.18. The molecule has 0 saturated carbocycles. The van der Waals surface area contributed by atoms with Crippen LogP contribution < -0.4 is 0 Å². The highest BCUT2D eigenvalue weighted by atomic mass is 16.5. The molecule has 0 aliphatic carbocycles. The van der Waals surface area contributed by atoms with Crippen LogP contribution in [0.4, 0.5) is 0 Å². The van der Waals surface area contributed by atoms with Crippen LogP contribution in [0.15, 0.2) is 17.1 Å². The zero-order valence-electron chi connectivity index (χ0n) is 16.9. The Bertz CT molecular complexity index is 389. The number of rotatable bonds is 17. The van der Waals surface area contributed by atoms with Gasteiger partial charge in [-0.1, -0.05) is 70.4 Å². The van der Waals surface area contributed by atoms with Crippen LogP contribution >= 0.6 is 0 Å². The van der Waals surface area contributed by atoms with Crippen LogP contribution in [-0.2, 0) is 4.74 Å². The molecular formula is C22H41NO3. The number of nitrogens with zero attached hydrogens (tertiary/aromatic N) is 1. The zero-order valence-corrected chi connectivity index (χ0v) is 16.9. The number of aliphatic hydroxyl groups excluding tert-OH is 2. The number of aliphatic imine (C=N–C) groups is 1. The second-order valence-corrected chi connectivity index (χ2v) is 7.67. The molecule has 0 atom stereocenters. The quantitative estimate of drug-likeness (QED) is 0.275. The highest BCUT2D eigenvalue weighted by Gasteiger charge is 2.35. The average molecular weight is 368 g/mol. The van der Waals surface area contributed by atoms with Crippen LogP contribution in [0.2, 0.25) is 0 Å². The zero-order chi connectivity index (χ0) is 18.9. The van der Waals surface area contributed by atoms with E-state index in [2.05, 4.69) is 24.1 Å². The van der Waals surface area contributed by atoms with Crippen molar-refractivity contribution in [3.05, 3.63) is 12.2 Å². The fourth-order valence-electron chi connectivity index (χ4n) is 3.23. The number of hydrogen-bond acceptors (Lipinski definition) is 4. The lowest BCUT2D eigenvalue weighted by atomic mass is 10.1. The lowest BCUT2D eigenvalue weighted by Gasteiger charge is -2.16. The molecule has 0 bridgehead atoms. The largest absolute Gasteiger partial charge is 0.478 e. The summed E-state index contributed by atoms with van der Waals surface area (Å²) in [5.74, 6) is 0.703. The molecule has 0 unspecified atom stereocenters. The molecule has 1 heterocycles. The Hall–Kier alpha value is -0.870. The van der Waals surface area contributed by atoms with Crippen molar-refractivity contribution in [2.75, 3.05) is 19.8 Å². The van der Waals surface area contributed by atoms with Gasteiger partial charge in [0.25, 0.3) is 0 Å². The molecule has 0 aromatic heterocycles. The number of ether oxygens (including phenoxy) is 1. The van der Waals surface area contributed by atoms with Gasteiger partial charge in [0.15, 0.2) is 5.90 Å². The topological polar surface area (TPSA) is 62.1 Å². The van der Waals surface area contributed by atoms with Gasteiger partial charge in [0.1, 0.15) is 12.1 Å². The molecule has 152 valence electrons. The minimum Gasteiger partial charge on any atom is -0.478 e. The lowest BCUT2D eigenvalue weighted by molar-refractivity contribution is 0.0972. The maximum absolute atomic E-state index is 9.29. The first-order chi connectivity index (χ1) is 12.8. The monoisotopic (exact) mass is 367 g/mol. The van der Waals surface area contributed by atoms with Crippen LogP contribution in [0, 0.1) is 0 Å². The van der Waals surface area contributed by atoms with Gasteiger partial charge in [-0.25, -0.2) is 4.99 Å². The van der Waals surface area contributed by atoms with Crippen molar-refractivity contribution >= 4 is 5.90 Å². The van der Waals surface area contributed by atoms with E-state index in [0.717, 1.165) is 12.8 Å². The molecule has 4 nitrogen and oxygen atoms in total. The molecule has 4 heteroatoms. The van der Waals surface area contributed by atoms with Crippen LogP contribution in [0.3, 0.4) is 0 Å². The van der Waals surface area contributed by atoms with Crippen molar-refractivity contribution in [1.29, 1.82) is 0 Å². The molecule has 0 spiro atoms. The summed E-state index contributed by atoms with van der Waals surface area (Å²) >= 11 is 0. The predicted molar refractivity (Wildman–Crippen MR) is 110 cm³/mol. The molecule has 0 fully saturated rings. The Morgan fingerprint density at radius 3 is 1.92 bits per heavy atom. The number of aliphatic hydroxyl groups is 2. The molecule has 0 aromatic carbocycles. The average Bonchev–Trinajstić information content (AvgIpc) is 3.09. The second kappa shape index (κ2) is 15.2. The fraction of sp³-hybridized carbons (Fsp3) is 0.864. The van der Waals surface area contributed by atoms with E-state index in [4.69, 9.17) is 4.74 Å². The van der Waals surface area contributed by atoms with Gasteiger partial charge >= 0.3 is 0 Å². The Morgan fingerprint density at radius 2 is 1.38 bits per heavy atom. The molecule has 0 aromatic rings. The standard InChI is InChI=1S/C22H41NO3/c1-2-3-4-5-6-7-8-9-10-11-12-13-14-15-16-17-21-23-22(18-24,19-25)20-26-21/h7-8,24-25H,2-6,9-20H2,1H3/b8-7+. The highest BCUT2D eigenvalue weighted by molar-refractivity contribution is 5.78. The first kappa shape index (κ1) is 23.2. The van der Waals surface area contributed by atoms with Gasteiger partial charge in [-0.15, -0.1) is 0 Å². The third-order valence-electron chi connectivity index (χ3n) is 5.11. The van der Waals surface area contributed by atoms with E-state index in [0.29, 0.717) is 12.5 Å². The molecule has 2 N–H and O–H groups in total.